The fourth-order valence-corrected chi connectivity index (χ4v) is 3.80. The first-order valence-electron chi connectivity index (χ1n) is 10.6. The maximum Gasteiger partial charge on any atom is 0.407 e. The molecule has 180 valence electrons. The van der Waals surface area contributed by atoms with Crippen LogP contribution in [-0.4, -0.2) is 39.2 Å². The van der Waals surface area contributed by atoms with Crippen LogP contribution >= 0.6 is 0 Å². The van der Waals surface area contributed by atoms with Crippen molar-refractivity contribution in [2.75, 3.05) is 13.2 Å². The molecule has 0 radical (unpaired) electrons. The van der Waals surface area contributed by atoms with E-state index in [-0.39, 0.29) is 30.2 Å². The van der Waals surface area contributed by atoms with Crippen molar-refractivity contribution in [3.05, 3.63) is 59.7 Å². The molecule has 0 aliphatic heterocycles. The van der Waals surface area contributed by atoms with Gasteiger partial charge in [0.1, 0.15) is 16.2 Å². The minimum atomic E-state index is -3.96. The summed E-state index contributed by atoms with van der Waals surface area (Å²) in [6.07, 6.45) is -0.346. The largest absolute Gasteiger partial charge is 0.466 e. The van der Waals surface area contributed by atoms with Gasteiger partial charge in [-0.3, -0.25) is 4.79 Å². The summed E-state index contributed by atoms with van der Waals surface area (Å²) in [6, 6.07) is 12.7. The molecule has 1 N–H and O–H groups in total. The van der Waals surface area contributed by atoms with Crippen molar-refractivity contribution in [1.29, 1.82) is 0 Å². The molecule has 33 heavy (non-hydrogen) atoms. The fraction of sp³-hybridized carbons (Fsp3) is 0.417. The Morgan fingerprint density at radius 3 is 2.15 bits per heavy atom. The van der Waals surface area contributed by atoms with E-state index in [0.717, 1.165) is 11.1 Å². The van der Waals surface area contributed by atoms with Crippen molar-refractivity contribution >= 4 is 22.2 Å². The van der Waals surface area contributed by atoms with E-state index in [4.69, 9.17) is 13.7 Å². The van der Waals surface area contributed by atoms with Crippen molar-refractivity contribution in [3.63, 3.8) is 0 Å². The van der Waals surface area contributed by atoms with Crippen molar-refractivity contribution in [3.8, 4) is 5.75 Å². The molecule has 0 saturated carbocycles. The maximum absolute atomic E-state index is 12.4. The number of rotatable bonds is 9. The number of hydrogen-bond acceptors (Lipinski definition) is 7. The molecule has 8 nitrogen and oxygen atoms in total. The van der Waals surface area contributed by atoms with Crippen LogP contribution in [0, 0.1) is 12.8 Å². The minimum absolute atomic E-state index is 0.0355. The topological polar surface area (TPSA) is 108 Å². The Labute approximate surface area is 195 Å². The van der Waals surface area contributed by atoms with Crippen LogP contribution in [0.1, 0.15) is 38.8 Å². The summed E-state index contributed by atoms with van der Waals surface area (Å²) in [5.74, 6) is -0.935. The van der Waals surface area contributed by atoms with E-state index in [2.05, 4.69) is 5.32 Å². The SMILES string of the molecule is CCOC(=O)C(CNC(=O)OC(C)(C)C)Cc1ccc(OS(=O)(=O)c2ccc(C)cc2)cc1. The quantitative estimate of drug-likeness (QED) is 0.429. The van der Waals surface area contributed by atoms with Gasteiger partial charge in [0.25, 0.3) is 0 Å². The normalized spacial score (nSPS) is 12.5. The highest BCUT2D eigenvalue weighted by Gasteiger charge is 2.23. The molecule has 2 rings (SSSR count). The molecule has 2 aromatic rings. The number of ether oxygens (including phenoxy) is 2. The van der Waals surface area contributed by atoms with E-state index in [1.54, 1.807) is 52.0 Å². The van der Waals surface area contributed by atoms with Crippen LogP contribution < -0.4 is 9.50 Å². The number of hydrogen-bond donors (Lipinski definition) is 1. The number of alkyl carbamates (subject to hydrolysis) is 1. The van der Waals surface area contributed by atoms with Gasteiger partial charge in [-0.1, -0.05) is 29.8 Å². The van der Waals surface area contributed by atoms with E-state index < -0.39 is 33.7 Å². The van der Waals surface area contributed by atoms with E-state index in [0.29, 0.717) is 0 Å². The van der Waals surface area contributed by atoms with Crippen LogP contribution in [0.15, 0.2) is 53.4 Å². The summed E-state index contributed by atoms with van der Waals surface area (Å²) in [4.78, 5) is 24.4. The molecule has 0 heterocycles. The number of aryl methyl sites for hydroxylation is 1. The molecule has 1 atom stereocenters. The van der Waals surface area contributed by atoms with Crippen LogP contribution in [0.4, 0.5) is 4.79 Å². The van der Waals surface area contributed by atoms with Crippen LogP contribution in [0.5, 0.6) is 5.75 Å². The molecular formula is C24H31NO7S. The van der Waals surface area contributed by atoms with Gasteiger partial charge < -0.3 is 19.0 Å². The molecule has 0 fully saturated rings. The van der Waals surface area contributed by atoms with Gasteiger partial charge in [-0.25, -0.2) is 4.79 Å². The third kappa shape index (κ3) is 8.76. The second kappa shape index (κ2) is 11.2. The lowest BCUT2D eigenvalue weighted by atomic mass is 9.99. The second-order valence-corrected chi connectivity index (χ2v) is 10.1. The summed E-state index contributed by atoms with van der Waals surface area (Å²) < 4.78 is 40.4. The van der Waals surface area contributed by atoms with Crippen molar-refractivity contribution in [2.24, 2.45) is 5.92 Å². The highest BCUT2D eigenvalue weighted by Crippen LogP contribution is 2.21. The summed E-state index contributed by atoms with van der Waals surface area (Å²) in [6.45, 7) is 9.06. The average Bonchev–Trinajstić information content (AvgIpc) is 2.71. The number of amides is 1. The van der Waals surface area contributed by atoms with Crippen LogP contribution in [0.25, 0.3) is 0 Å². The number of carbonyl (C=O) groups excluding carboxylic acids is 2. The van der Waals surface area contributed by atoms with Crippen molar-refractivity contribution in [2.45, 2.75) is 51.5 Å². The summed E-state index contributed by atoms with van der Waals surface area (Å²) >= 11 is 0. The summed E-state index contributed by atoms with van der Waals surface area (Å²) in [7, 11) is -3.96. The number of carbonyl (C=O) groups is 2. The lowest BCUT2D eigenvalue weighted by Crippen LogP contribution is -2.38. The molecule has 0 bridgehead atoms. The van der Waals surface area contributed by atoms with Gasteiger partial charge in [0.05, 0.1) is 12.5 Å². The number of esters is 1. The predicted molar refractivity (Wildman–Crippen MR) is 123 cm³/mol. The van der Waals surface area contributed by atoms with Gasteiger partial charge in [-0.05, 0) is 70.9 Å². The number of benzene rings is 2. The lowest BCUT2D eigenvalue weighted by Gasteiger charge is -2.21. The van der Waals surface area contributed by atoms with Crippen LogP contribution in [0.2, 0.25) is 0 Å². The Kier molecular flexibility index (Phi) is 8.87. The molecule has 2 aromatic carbocycles. The van der Waals surface area contributed by atoms with Gasteiger partial charge in [0.15, 0.2) is 0 Å². The molecule has 0 saturated heterocycles. The smallest absolute Gasteiger partial charge is 0.407 e. The zero-order chi connectivity index (χ0) is 24.6. The fourth-order valence-electron chi connectivity index (χ4n) is 2.86. The first-order chi connectivity index (χ1) is 15.4. The first kappa shape index (κ1) is 26.2. The molecule has 0 aromatic heterocycles. The monoisotopic (exact) mass is 477 g/mol. The standard InChI is InChI=1S/C24H31NO7S/c1-6-30-22(26)19(16-25-23(27)31-24(3,4)5)15-18-9-11-20(12-10-18)32-33(28,29)21-13-7-17(2)8-14-21/h7-14,19H,6,15-16H2,1-5H3,(H,25,27). The molecular weight excluding hydrogens is 446 g/mol. The van der Waals surface area contributed by atoms with Crippen LogP contribution in [-0.2, 0) is 30.8 Å². The zero-order valence-corrected chi connectivity index (χ0v) is 20.4. The molecule has 0 aliphatic rings. The highest BCUT2D eigenvalue weighted by atomic mass is 32.2. The molecule has 0 spiro atoms. The molecule has 1 unspecified atom stereocenters. The second-order valence-electron chi connectivity index (χ2n) is 8.53. The van der Waals surface area contributed by atoms with Crippen molar-refractivity contribution < 1.29 is 31.7 Å². The summed E-state index contributed by atoms with van der Waals surface area (Å²) in [5.41, 5.74) is 1.04. The van der Waals surface area contributed by atoms with Crippen LogP contribution in [0.3, 0.4) is 0 Å². The Morgan fingerprint density at radius 2 is 1.61 bits per heavy atom. The Morgan fingerprint density at radius 1 is 1.00 bits per heavy atom. The van der Waals surface area contributed by atoms with E-state index in [9.17, 15) is 18.0 Å². The van der Waals surface area contributed by atoms with Crippen molar-refractivity contribution in [1.82, 2.24) is 5.32 Å². The first-order valence-corrected chi connectivity index (χ1v) is 12.0. The molecule has 9 heteroatoms. The van der Waals surface area contributed by atoms with Gasteiger partial charge in [0, 0.05) is 6.54 Å². The lowest BCUT2D eigenvalue weighted by molar-refractivity contribution is -0.147. The zero-order valence-electron chi connectivity index (χ0n) is 19.6. The molecule has 1 amide bonds. The van der Waals surface area contributed by atoms with Gasteiger partial charge in [0.2, 0.25) is 0 Å². The van der Waals surface area contributed by atoms with Gasteiger partial charge in [-0.2, -0.15) is 8.42 Å². The Bertz CT molecular complexity index is 1040. The maximum atomic E-state index is 12.4. The average molecular weight is 478 g/mol. The van der Waals surface area contributed by atoms with E-state index in [1.807, 2.05) is 6.92 Å². The third-order valence-corrected chi connectivity index (χ3v) is 5.69. The predicted octanol–water partition coefficient (Wildman–Crippen LogP) is 4.01. The highest BCUT2D eigenvalue weighted by molar-refractivity contribution is 7.87. The molecule has 0 aliphatic carbocycles. The Hall–Kier alpha value is -3.07. The third-order valence-electron chi connectivity index (χ3n) is 4.43. The number of nitrogens with one attached hydrogen (secondary N) is 1. The van der Waals surface area contributed by atoms with E-state index in [1.165, 1.54) is 24.3 Å². The summed E-state index contributed by atoms with van der Waals surface area (Å²) in [5, 5.41) is 2.60. The Balaban J connectivity index is 2.05. The van der Waals surface area contributed by atoms with Gasteiger partial charge >= 0.3 is 22.2 Å². The van der Waals surface area contributed by atoms with E-state index >= 15 is 0 Å². The minimum Gasteiger partial charge on any atom is -0.466 e. The van der Waals surface area contributed by atoms with Gasteiger partial charge in [-0.15, -0.1) is 0 Å².